The average Bonchev–Trinajstić information content (AvgIpc) is 2.53. The van der Waals surface area contributed by atoms with E-state index in [1.54, 1.807) is 11.6 Å². The Labute approximate surface area is 89.1 Å². The highest BCUT2D eigenvalue weighted by Gasteiger charge is 2.35. The zero-order valence-corrected chi connectivity index (χ0v) is 9.21. The Morgan fingerprint density at radius 2 is 2.21 bits per heavy atom. The Morgan fingerprint density at radius 3 is 2.86 bits per heavy atom. The fourth-order valence-corrected chi connectivity index (χ4v) is 3.17. The Balaban J connectivity index is 2.54. The summed E-state index contributed by atoms with van der Waals surface area (Å²) in [6.45, 7) is 3.09. The lowest BCUT2D eigenvalue weighted by molar-refractivity contribution is 0.544. The van der Waals surface area contributed by atoms with Crippen molar-refractivity contribution < 1.29 is 0 Å². The molecule has 0 saturated heterocycles. The van der Waals surface area contributed by atoms with Crippen molar-refractivity contribution in [2.24, 2.45) is 0 Å². The van der Waals surface area contributed by atoms with Crippen LogP contribution in [0.25, 0.3) is 0 Å². The molecule has 71 valence electrons. The lowest BCUT2D eigenvalue weighted by Crippen LogP contribution is -2.52. The predicted molar refractivity (Wildman–Crippen MR) is 61.9 cm³/mol. The van der Waals surface area contributed by atoms with Gasteiger partial charge in [-0.3, -0.25) is 11.6 Å². The van der Waals surface area contributed by atoms with Crippen molar-refractivity contribution in [1.29, 1.82) is 5.26 Å². The van der Waals surface area contributed by atoms with Gasteiger partial charge in [-0.2, -0.15) is 0 Å². The molecular weight excluding hydrogens is 191 g/mol. The van der Waals surface area contributed by atoms with Gasteiger partial charge in [0.1, 0.15) is 0 Å². The van der Waals surface area contributed by atoms with Crippen LogP contribution in [0.2, 0.25) is 0 Å². The van der Waals surface area contributed by atoms with Crippen molar-refractivity contribution in [2.75, 3.05) is 13.6 Å². The summed E-state index contributed by atoms with van der Waals surface area (Å²) in [6.07, 6.45) is 0.0115. The number of nitrogens with zero attached hydrogens (tertiary/aromatic N) is 2. The van der Waals surface area contributed by atoms with Crippen LogP contribution in [0, 0.1) is 11.2 Å². The topological polar surface area (TPSA) is 23.8 Å². The number of para-hydroxylation sites is 1. The van der Waals surface area contributed by atoms with Crippen LogP contribution in [0.3, 0.4) is 0 Å². The van der Waals surface area contributed by atoms with Crippen LogP contribution in [-0.4, -0.2) is 19.7 Å². The van der Waals surface area contributed by atoms with Gasteiger partial charge in [0.25, 0.3) is 0 Å². The smallest absolute Gasteiger partial charge is 0.317 e. The molecule has 0 amide bonds. The third-order valence-corrected chi connectivity index (χ3v) is 4.33. The highest BCUT2D eigenvalue weighted by atomic mass is 32.2. The van der Waals surface area contributed by atoms with E-state index in [0.717, 1.165) is 10.9 Å². The molecule has 0 N–H and O–H groups in total. The fourth-order valence-electron chi connectivity index (χ4n) is 1.83. The standard InChI is InChI=1S/C10H12BN2S/c1-3-13(2)9-6-4-5-7-10(9)14-11(13)8-12/h4-7H,3H2,1-2H3/t13-/m1/s1. The third-order valence-electron chi connectivity index (χ3n) is 2.94. The van der Waals surface area contributed by atoms with Crippen LogP contribution in [-0.2, 0) is 0 Å². The summed E-state index contributed by atoms with van der Waals surface area (Å²) in [5, 5.41) is 9.12. The average molecular weight is 203 g/mol. The molecule has 1 aromatic rings. The number of benzene rings is 1. The first-order chi connectivity index (χ1) is 6.72. The lowest BCUT2D eigenvalue weighted by atomic mass is 9.87. The molecule has 14 heavy (non-hydrogen) atoms. The van der Waals surface area contributed by atoms with Crippen LogP contribution in [0.5, 0.6) is 0 Å². The molecule has 0 aliphatic carbocycles. The second kappa shape index (κ2) is 3.34. The minimum atomic E-state index is 0.0115. The quantitative estimate of drug-likeness (QED) is 0.654. The summed E-state index contributed by atoms with van der Waals surface area (Å²) < 4.78 is 0.733. The normalized spacial score (nSPS) is 25.8. The van der Waals surface area contributed by atoms with E-state index in [1.165, 1.54) is 10.6 Å². The molecule has 0 bridgehead atoms. The van der Waals surface area contributed by atoms with Gasteiger partial charge in [-0.1, -0.05) is 18.1 Å². The molecule has 0 fully saturated rings. The maximum absolute atomic E-state index is 9.12. The molecule has 4 heteroatoms. The molecule has 1 aliphatic rings. The zero-order valence-electron chi connectivity index (χ0n) is 8.40. The van der Waals surface area contributed by atoms with Gasteiger partial charge < -0.3 is 4.39 Å². The van der Waals surface area contributed by atoms with Gasteiger partial charge in [-0.15, -0.1) is 0 Å². The van der Waals surface area contributed by atoms with E-state index in [1.807, 2.05) is 12.1 Å². The highest BCUT2D eigenvalue weighted by Crippen LogP contribution is 2.44. The molecule has 2 nitrogen and oxygen atoms in total. The minimum Gasteiger partial charge on any atom is -0.483 e. The van der Waals surface area contributed by atoms with Gasteiger partial charge in [-0.25, -0.2) is 5.26 Å². The van der Waals surface area contributed by atoms with E-state index >= 15 is 0 Å². The maximum atomic E-state index is 9.12. The molecule has 0 unspecified atom stereocenters. The van der Waals surface area contributed by atoms with E-state index in [2.05, 4.69) is 32.1 Å². The van der Waals surface area contributed by atoms with Gasteiger partial charge in [0.15, 0.2) is 0 Å². The molecule has 0 spiro atoms. The molecule has 1 aliphatic heterocycles. The Kier molecular flexibility index (Phi) is 2.30. The van der Waals surface area contributed by atoms with Crippen molar-refractivity contribution >= 4 is 23.4 Å². The van der Waals surface area contributed by atoms with Crippen molar-refractivity contribution in [3.8, 4) is 5.97 Å². The SMILES string of the molecule is CC[N@@+]1(C)[B-](C#N)Sc2ccccc21. The van der Waals surface area contributed by atoms with Crippen molar-refractivity contribution in [3.05, 3.63) is 24.3 Å². The highest BCUT2D eigenvalue weighted by molar-refractivity contribution is 8.26. The van der Waals surface area contributed by atoms with Gasteiger partial charge >= 0.3 is 6.13 Å². The first-order valence-corrected chi connectivity index (χ1v) is 5.61. The largest absolute Gasteiger partial charge is 0.483 e. The third kappa shape index (κ3) is 1.17. The van der Waals surface area contributed by atoms with E-state index < -0.39 is 0 Å². The van der Waals surface area contributed by atoms with Crippen LogP contribution in [0.1, 0.15) is 6.92 Å². The van der Waals surface area contributed by atoms with E-state index in [-0.39, 0.29) is 6.13 Å². The lowest BCUT2D eigenvalue weighted by Gasteiger charge is -2.41. The molecule has 0 saturated carbocycles. The summed E-state index contributed by atoms with van der Waals surface area (Å²) in [7, 11) is 2.13. The summed E-state index contributed by atoms with van der Waals surface area (Å²) in [6, 6.07) is 8.31. The van der Waals surface area contributed by atoms with Crippen molar-refractivity contribution in [3.63, 3.8) is 0 Å². The Bertz CT molecular complexity index is 401. The number of rotatable bonds is 1. The van der Waals surface area contributed by atoms with Gasteiger partial charge in [0, 0.05) is 18.5 Å². The second-order valence-electron chi connectivity index (χ2n) is 3.65. The number of hydrogen-bond acceptors (Lipinski definition) is 2. The molecule has 1 aromatic carbocycles. The van der Waals surface area contributed by atoms with Crippen LogP contribution >= 0.6 is 11.6 Å². The second-order valence-corrected chi connectivity index (χ2v) is 4.77. The van der Waals surface area contributed by atoms with E-state index in [4.69, 9.17) is 5.26 Å². The van der Waals surface area contributed by atoms with Crippen molar-refractivity contribution in [1.82, 2.24) is 4.39 Å². The Morgan fingerprint density at radius 1 is 1.50 bits per heavy atom. The van der Waals surface area contributed by atoms with Gasteiger partial charge in [0.2, 0.25) is 0 Å². The summed E-state index contributed by atoms with van der Waals surface area (Å²) in [4.78, 5) is 1.25. The Hall–Kier alpha value is -0.915. The first kappa shape index (κ1) is 9.63. The summed E-state index contributed by atoms with van der Waals surface area (Å²) in [5.41, 5.74) is 1.28. The predicted octanol–water partition coefficient (Wildman–Crippen LogP) is 2.30. The summed E-state index contributed by atoms with van der Waals surface area (Å²) in [5.74, 6) is 2.39. The molecule has 2 rings (SSSR count). The van der Waals surface area contributed by atoms with Crippen LogP contribution < -0.4 is 4.39 Å². The van der Waals surface area contributed by atoms with Gasteiger partial charge in [0.05, 0.1) is 5.69 Å². The number of nitriles is 1. The van der Waals surface area contributed by atoms with E-state index in [0.29, 0.717) is 0 Å². The molecule has 0 aromatic heterocycles. The molecule has 1 heterocycles. The minimum absolute atomic E-state index is 0.0115. The number of fused-ring (bicyclic) bond motifs is 1. The first-order valence-electron chi connectivity index (χ1n) is 4.73. The number of hydrogen-bond donors (Lipinski definition) is 0. The molecule has 1 radical (unpaired) electrons. The number of quaternary nitrogens is 1. The van der Waals surface area contributed by atoms with Crippen molar-refractivity contribution in [2.45, 2.75) is 11.8 Å². The zero-order chi connectivity index (χ0) is 10.2. The monoisotopic (exact) mass is 203 g/mol. The molecular formula is C10H12BN2S. The molecule has 1 atom stereocenters. The maximum Gasteiger partial charge on any atom is 0.317 e. The summed E-state index contributed by atoms with van der Waals surface area (Å²) >= 11 is 1.68. The fraction of sp³-hybridized carbons (Fsp3) is 0.300. The van der Waals surface area contributed by atoms with E-state index in [9.17, 15) is 0 Å². The van der Waals surface area contributed by atoms with Gasteiger partial charge in [-0.05, 0) is 19.1 Å². The van der Waals surface area contributed by atoms with Crippen LogP contribution in [0.15, 0.2) is 29.2 Å². The van der Waals surface area contributed by atoms with Crippen LogP contribution in [0.4, 0.5) is 5.69 Å².